The van der Waals surface area contributed by atoms with Gasteiger partial charge in [-0.15, -0.1) is 0 Å². The number of hydrogen-bond acceptors (Lipinski definition) is 6. The fourth-order valence-electron chi connectivity index (χ4n) is 9.27. The molecule has 3 heterocycles. The number of hydrogen-bond donors (Lipinski definition) is 1. The number of allylic oxidation sites excluding steroid dienone is 4. The van der Waals surface area contributed by atoms with Crippen LogP contribution in [0.15, 0.2) is 23.8 Å². The molecule has 4 bridgehead atoms. The Hall–Kier alpha value is -1.50. The third kappa shape index (κ3) is 2.27. The summed E-state index contributed by atoms with van der Waals surface area (Å²) in [6.07, 6.45) is 8.28. The van der Waals surface area contributed by atoms with Crippen molar-refractivity contribution in [2.45, 2.75) is 83.1 Å². The van der Waals surface area contributed by atoms with Gasteiger partial charge in [-0.1, -0.05) is 32.1 Å². The fraction of sp³-hybridized carbons (Fsp3) is 0.778. The summed E-state index contributed by atoms with van der Waals surface area (Å²) < 4.78 is 19.3. The maximum absolute atomic E-state index is 13.3. The van der Waals surface area contributed by atoms with Crippen molar-refractivity contribution in [1.82, 2.24) is 0 Å². The molecule has 13 unspecified atom stereocenters. The zero-order chi connectivity index (χ0) is 23.1. The second kappa shape index (κ2) is 6.19. The highest BCUT2D eigenvalue weighted by atomic mass is 16.7. The van der Waals surface area contributed by atoms with E-state index in [1.165, 1.54) is 0 Å². The van der Waals surface area contributed by atoms with Gasteiger partial charge in [0.1, 0.15) is 18.0 Å². The highest BCUT2D eigenvalue weighted by Crippen LogP contribution is 2.72. The summed E-state index contributed by atoms with van der Waals surface area (Å²) in [7, 11) is 0. The predicted molar refractivity (Wildman–Crippen MR) is 118 cm³/mol. The first-order valence-electron chi connectivity index (χ1n) is 12.8. The van der Waals surface area contributed by atoms with E-state index in [2.05, 4.69) is 19.1 Å². The summed E-state index contributed by atoms with van der Waals surface area (Å²) in [5, 5.41) is 11.9. The van der Waals surface area contributed by atoms with Gasteiger partial charge in [-0.25, -0.2) is 0 Å². The summed E-state index contributed by atoms with van der Waals surface area (Å²) in [5.74, 6) is 0.0119. The van der Waals surface area contributed by atoms with E-state index < -0.39 is 29.0 Å². The molecule has 6 heteroatoms. The number of Topliss-reactive ketones (excluding diaryl/α,β-unsaturated/α-hetero) is 1. The number of fused-ring (bicyclic) bond motifs is 4. The van der Waals surface area contributed by atoms with E-state index in [1.54, 1.807) is 0 Å². The van der Waals surface area contributed by atoms with Crippen molar-refractivity contribution in [2.75, 3.05) is 0 Å². The first-order valence-corrected chi connectivity index (χ1v) is 12.8. The van der Waals surface area contributed by atoms with Gasteiger partial charge in [-0.05, 0) is 50.0 Å². The van der Waals surface area contributed by atoms with Crippen LogP contribution in [0, 0.1) is 46.8 Å². The smallest absolute Gasteiger partial charge is 0.309 e. The standard InChI is InChI=1S/C27H34O6/c1-12-13(2)24(29)31-22(12)23-26(4,30)21-18-10-16-15-9-8-14-6-5-7-19(28)25(14,3)17(15)11-27(32-18,33-23)20(16)21/h5-6,8,12-13,15-18,20-23,30H,7,9-11H2,1-4H3. The Kier molecular flexibility index (Phi) is 3.91. The van der Waals surface area contributed by atoms with Gasteiger partial charge in [0.15, 0.2) is 5.79 Å². The monoisotopic (exact) mass is 454 g/mol. The van der Waals surface area contributed by atoms with Crippen LogP contribution >= 0.6 is 0 Å². The molecule has 178 valence electrons. The molecule has 2 saturated carbocycles. The van der Waals surface area contributed by atoms with Crippen LogP contribution in [-0.4, -0.2) is 46.6 Å². The van der Waals surface area contributed by atoms with E-state index in [-0.39, 0.29) is 47.4 Å². The first kappa shape index (κ1) is 20.8. The number of ketones is 1. The van der Waals surface area contributed by atoms with E-state index in [0.29, 0.717) is 24.7 Å². The van der Waals surface area contributed by atoms with Crippen LogP contribution in [0.4, 0.5) is 0 Å². The lowest BCUT2D eigenvalue weighted by molar-refractivity contribution is -0.361. The number of esters is 1. The number of cyclic esters (lactones) is 1. The minimum atomic E-state index is -1.14. The Balaban J connectivity index is 1.31. The third-order valence-electron chi connectivity index (χ3n) is 11.1. The van der Waals surface area contributed by atoms with Gasteiger partial charge in [-0.3, -0.25) is 9.59 Å². The quantitative estimate of drug-likeness (QED) is 0.613. The average molecular weight is 455 g/mol. The van der Waals surface area contributed by atoms with E-state index >= 15 is 0 Å². The SMILES string of the molecule is CC1C(=O)OC(C2OC34CC5C(CC=C6C=CCC(=O)C65C)C5CC(O3)C(C54)C2(C)O)C1C. The Labute approximate surface area is 194 Å². The maximum Gasteiger partial charge on any atom is 0.309 e. The van der Waals surface area contributed by atoms with Gasteiger partial charge >= 0.3 is 5.97 Å². The summed E-state index contributed by atoms with van der Waals surface area (Å²) >= 11 is 0. The molecule has 7 aliphatic rings. The van der Waals surface area contributed by atoms with E-state index in [0.717, 1.165) is 18.4 Å². The number of rotatable bonds is 1. The molecule has 3 aliphatic heterocycles. The van der Waals surface area contributed by atoms with Crippen molar-refractivity contribution in [3.8, 4) is 0 Å². The Morgan fingerprint density at radius 3 is 2.61 bits per heavy atom. The summed E-state index contributed by atoms with van der Waals surface area (Å²) in [4.78, 5) is 25.7. The van der Waals surface area contributed by atoms with Crippen LogP contribution in [0.1, 0.15) is 53.4 Å². The summed E-state index contributed by atoms with van der Waals surface area (Å²) in [6.45, 7) is 7.88. The number of carbonyl (C=O) groups excluding carboxylic acids is 2. The molecular formula is C27H34O6. The van der Waals surface area contributed by atoms with Crippen molar-refractivity contribution in [3.63, 3.8) is 0 Å². The lowest BCUT2D eigenvalue weighted by atomic mass is 9.48. The highest BCUT2D eigenvalue weighted by molar-refractivity contribution is 5.91. The summed E-state index contributed by atoms with van der Waals surface area (Å²) in [5.41, 5.74) is -0.500. The first-order chi connectivity index (χ1) is 15.6. The molecule has 7 rings (SSSR count). The molecular weight excluding hydrogens is 420 g/mol. The molecule has 0 aromatic heterocycles. The number of carbonyl (C=O) groups is 2. The molecule has 5 fully saturated rings. The van der Waals surface area contributed by atoms with Gasteiger partial charge < -0.3 is 19.3 Å². The molecule has 0 amide bonds. The Morgan fingerprint density at radius 2 is 1.88 bits per heavy atom. The van der Waals surface area contributed by atoms with Crippen molar-refractivity contribution >= 4 is 11.8 Å². The predicted octanol–water partition coefficient (Wildman–Crippen LogP) is 3.18. The summed E-state index contributed by atoms with van der Waals surface area (Å²) in [6, 6.07) is 0. The van der Waals surface area contributed by atoms with Crippen molar-refractivity contribution in [3.05, 3.63) is 23.8 Å². The second-order valence-electron chi connectivity index (χ2n) is 12.3. The van der Waals surface area contributed by atoms with Gasteiger partial charge in [0.25, 0.3) is 0 Å². The number of aliphatic hydroxyl groups is 1. The molecule has 33 heavy (non-hydrogen) atoms. The van der Waals surface area contributed by atoms with Gasteiger partial charge in [-0.2, -0.15) is 0 Å². The lowest BCUT2D eigenvalue weighted by Crippen LogP contribution is -2.68. The van der Waals surface area contributed by atoms with E-state index in [4.69, 9.17) is 14.2 Å². The Morgan fingerprint density at radius 1 is 1.09 bits per heavy atom. The molecule has 0 aromatic rings. The van der Waals surface area contributed by atoms with Crippen molar-refractivity contribution in [1.29, 1.82) is 0 Å². The topological polar surface area (TPSA) is 82.1 Å². The van der Waals surface area contributed by atoms with E-state index in [1.807, 2.05) is 26.8 Å². The normalized spacial score (nSPS) is 60.3. The maximum atomic E-state index is 13.3. The zero-order valence-corrected chi connectivity index (χ0v) is 19.8. The van der Waals surface area contributed by atoms with Crippen LogP contribution in [0.2, 0.25) is 0 Å². The van der Waals surface area contributed by atoms with Gasteiger partial charge in [0.2, 0.25) is 0 Å². The average Bonchev–Trinajstić information content (AvgIpc) is 3.37. The molecule has 0 spiro atoms. The van der Waals surface area contributed by atoms with Gasteiger partial charge in [0.05, 0.1) is 23.0 Å². The van der Waals surface area contributed by atoms with Crippen molar-refractivity contribution in [2.24, 2.45) is 46.8 Å². The van der Waals surface area contributed by atoms with Crippen molar-refractivity contribution < 1.29 is 28.9 Å². The third-order valence-corrected chi connectivity index (χ3v) is 11.1. The van der Waals surface area contributed by atoms with Crippen LogP contribution in [-0.2, 0) is 23.8 Å². The fourth-order valence-corrected chi connectivity index (χ4v) is 9.27. The highest BCUT2D eigenvalue weighted by Gasteiger charge is 2.78. The number of ether oxygens (including phenoxy) is 3. The molecule has 0 radical (unpaired) electrons. The zero-order valence-electron chi connectivity index (χ0n) is 19.8. The molecule has 6 nitrogen and oxygen atoms in total. The van der Waals surface area contributed by atoms with Crippen LogP contribution in [0.5, 0.6) is 0 Å². The Bertz CT molecular complexity index is 1010. The second-order valence-corrected chi connectivity index (χ2v) is 12.3. The largest absolute Gasteiger partial charge is 0.459 e. The molecule has 13 atom stereocenters. The molecule has 1 N–H and O–H groups in total. The minimum Gasteiger partial charge on any atom is -0.459 e. The molecule has 3 saturated heterocycles. The van der Waals surface area contributed by atoms with Crippen LogP contribution in [0.25, 0.3) is 0 Å². The van der Waals surface area contributed by atoms with E-state index in [9.17, 15) is 14.7 Å². The van der Waals surface area contributed by atoms with Crippen LogP contribution in [0.3, 0.4) is 0 Å². The molecule has 4 aliphatic carbocycles. The van der Waals surface area contributed by atoms with Gasteiger partial charge in [0, 0.05) is 30.6 Å². The minimum absolute atomic E-state index is 0.0378. The molecule has 0 aromatic carbocycles. The lowest BCUT2D eigenvalue weighted by Gasteiger charge is -2.61. The van der Waals surface area contributed by atoms with Crippen LogP contribution < -0.4 is 0 Å².